The van der Waals surface area contributed by atoms with Crippen molar-refractivity contribution in [2.75, 3.05) is 0 Å². The van der Waals surface area contributed by atoms with Gasteiger partial charge in [0, 0.05) is 17.8 Å². The van der Waals surface area contributed by atoms with E-state index in [9.17, 15) is 19.8 Å². The van der Waals surface area contributed by atoms with Crippen molar-refractivity contribution in [3.05, 3.63) is 0 Å². The van der Waals surface area contributed by atoms with Crippen LogP contribution in [-0.4, -0.2) is 34.0 Å². The molecule has 0 spiro atoms. The molecule has 0 unspecified atom stereocenters. The SMILES string of the molecule is C[C@]12CC[C@@H](O)C[C@H]1CC[C@H]1[C@H]2C(=O)C[C@]2(C)C(=O)[C@@H](O)CC[C@@H]12. The Kier molecular flexibility index (Phi) is 3.74. The fourth-order valence-electron chi connectivity index (χ4n) is 7.07. The average molecular weight is 334 g/mol. The van der Waals surface area contributed by atoms with Crippen LogP contribution in [0.3, 0.4) is 0 Å². The topological polar surface area (TPSA) is 74.6 Å². The van der Waals surface area contributed by atoms with E-state index < -0.39 is 11.5 Å². The highest BCUT2D eigenvalue weighted by atomic mass is 16.3. The van der Waals surface area contributed by atoms with Gasteiger partial charge in [-0.1, -0.05) is 13.8 Å². The van der Waals surface area contributed by atoms with Gasteiger partial charge in [-0.05, 0) is 68.1 Å². The summed E-state index contributed by atoms with van der Waals surface area (Å²) in [6, 6.07) is 0. The standard InChI is InChI=1S/C20H30O4/c1-19-8-7-12(21)9-11(19)3-4-13-14-5-6-15(22)18(24)20(14,2)10-16(23)17(13)19/h11-15,17,21-22H,3-10H2,1-2H3/t11-,12-,13-,14+,15+,17+,19+,20+/m1/s1. The molecule has 0 amide bonds. The molecule has 2 N–H and O–H groups in total. The molecule has 8 atom stereocenters. The summed E-state index contributed by atoms with van der Waals surface area (Å²) in [5.74, 6) is 1.14. The number of carbonyl (C=O) groups is 2. The second kappa shape index (κ2) is 5.38. The Labute approximate surface area is 144 Å². The Hall–Kier alpha value is -0.740. The first-order valence-corrected chi connectivity index (χ1v) is 9.70. The highest BCUT2D eigenvalue weighted by Crippen LogP contribution is 2.63. The number of hydrogen-bond donors (Lipinski definition) is 2. The van der Waals surface area contributed by atoms with E-state index in [4.69, 9.17) is 0 Å². The lowest BCUT2D eigenvalue weighted by atomic mass is 9.42. The minimum Gasteiger partial charge on any atom is -0.393 e. The van der Waals surface area contributed by atoms with Crippen LogP contribution < -0.4 is 0 Å². The molecule has 0 heterocycles. The van der Waals surface area contributed by atoms with Crippen LogP contribution in [0.4, 0.5) is 0 Å². The Morgan fingerprint density at radius 2 is 1.75 bits per heavy atom. The molecule has 4 aliphatic rings. The number of carbonyl (C=O) groups excluding carboxylic acids is 2. The van der Waals surface area contributed by atoms with E-state index in [1.807, 2.05) is 6.92 Å². The molecule has 4 saturated carbocycles. The molecule has 4 nitrogen and oxygen atoms in total. The highest BCUT2D eigenvalue weighted by Gasteiger charge is 2.63. The molecule has 0 aliphatic heterocycles. The molecule has 0 aromatic carbocycles. The van der Waals surface area contributed by atoms with Gasteiger partial charge in [-0.25, -0.2) is 0 Å². The maximum atomic E-state index is 13.2. The third-order valence-corrected chi connectivity index (χ3v) is 8.33. The van der Waals surface area contributed by atoms with Crippen molar-refractivity contribution in [2.45, 2.75) is 77.4 Å². The van der Waals surface area contributed by atoms with Gasteiger partial charge in [0.15, 0.2) is 5.78 Å². The van der Waals surface area contributed by atoms with Crippen LogP contribution in [0, 0.1) is 34.5 Å². The molecule has 4 fully saturated rings. The maximum Gasteiger partial charge on any atom is 0.167 e. The maximum absolute atomic E-state index is 13.2. The molecule has 0 saturated heterocycles. The molecule has 0 aromatic rings. The van der Waals surface area contributed by atoms with Crippen molar-refractivity contribution in [3.63, 3.8) is 0 Å². The molecule has 0 radical (unpaired) electrons. The Balaban J connectivity index is 1.70. The zero-order valence-electron chi connectivity index (χ0n) is 14.8. The molecule has 4 aliphatic carbocycles. The Bertz CT molecular complexity index is 572. The second-order valence-corrected chi connectivity index (χ2v) is 9.47. The van der Waals surface area contributed by atoms with E-state index in [1.54, 1.807) is 0 Å². The lowest BCUT2D eigenvalue weighted by Gasteiger charge is -2.61. The molecule has 0 aromatic heterocycles. The predicted octanol–water partition coefficient (Wildman–Crippen LogP) is 2.50. The zero-order valence-corrected chi connectivity index (χ0v) is 14.8. The van der Waals surface area contributed by atoms with E-state index in [1.165, 1.54) is 0 Å². The van der Waals surface area contributed by atoms with Gasteiger partial charge >= 0.3 is 0 Å². The number of ketones is 2. The third-order valence-electron chi connectivity index (χ3n) is 8.33. The van der Waals surface area contributed by atoms with E-state index in [-0.39, 0.29) is 40.8 Å². The highest BCUT2D eigenvalue weighted by molar-refractivity contribution is 5.96. The summed E-state index contributed by atoms with van der Waals surface area (Å²) in [7, 11) is 0. The van der Waals surface area contributed by atoms with E-state index in [0.717, 1.165) is 38.5 Å². The first-order chi connectivity index (χ1) is 11.3. The zero-order chi connectivity index (χ0) is 17.3. The van der Waals surface area contributed by atoms with Crippen molar-refractivity contribution in [1.29, 1.82) is 0 Å². The molecular formula is C20H30O4. The van der Waals surface area contributed by atoms with Crippen molar-refractivity contribution >= 4 is 11.6 Å². The Morgan fingerprint density at radius 1 is 1.00 bits per heavy atom. The van der Waals surface area contributed by atoms with Crippen molar-refractivity contribution in [3.8, 4) is 0 Å². The van der Waals surface area contributed by atoms with Gasteiger partial charge in [0.25, 0.3) is 0 Å². The van der Waals surface area contributed by atoms with Crippen LogP contribution in [-0.2, 0) is 9.59 Å². The van der Waals surface area contributed by atoms with Crippen LogP contribution in [0.2, 0.25) is 0 Å². The molecular weight excluding hydrogens is 304 g/mol. The summed E-state index contributed by atoms with van der Waals surface area (Å²) in [6.07, 6.45) is 5.22. The fourth-order valence-corrected chi connectivity index (χ4v) is 7.07. The van der Waals surface area contributed by atoms with Crippen molar-refractivity contribution in [2.24, 2.45) is 34.5 Å². The first-order valence-electron chi connectivity index (χ1n) is 9.70. The van der Waals surface area contributed by atoms with Gasteiger partial charge in [-0.3, -0.25) is 9.59 Å². The van der Waals surface area contributed by atoms with Crippen LogP contribution in [0.25, 0.3) is 0 Å². The molecule has 4 heteroatoms. The van der Waals surface area contributed by atoms with Crippen LogP contribution in [0.5, 0.6) is 0 Å². The smallest absolute Gasteiger partial charge is 0.167 e. The minimum absolute atomic E-state index is 0.0142. The summed E-state index contributed by atoms with van der Waals surface area (Å²) in [5, 5.41) is 20.1. The summed E-state index contributed by atoms with van der Waals surface area (Å²) in [4.78, 5) is 25.9. The molecule has 24 heavy (non-hydrogen) atoms. The first kappa shape index (κ1) is 16.7. The van der Waals surface area contributed by atoms with E-state index in [2.05, 4.69) is 6.92 Å². The minimum atomic E-state index is -0.882. The molecule has 4 rings (SSSR count). The number of fused-ring (bicyclic) bond motifs is 5. The van der Waals surface area contributed by atoms with Gasteiger partial charge in [0.05, 0.1) is 6.10 Å². The number of rotatable bonds is 0. The summed E-state index contributed by atoms with van der Waals surface area (Å²) in [5.41, 5.74) is -0.674. The largest absolute Gasteiger partial charge is 0.393 e. The number of aliphatic hydroxyl groups is 2. The normalized spacial score (nSPS) is 54.7. The lowest BCUT2D eigenvalue weighted by molar-refractivity contribution is -0.176. The van der Waals surface area contributed by atoms with Gasteiger partial charge in [-0.2, -0.15) is 0 Å². The fraction of sp³-hybridized carbons (Fsp3) is 0.900. The van der Waals surface area contributed by atoms with Gasteiger partial charge in [0.1, 0.15) is 11.9 Å². The van der Waals surface area contributed by atoms with E-state index in [0.29, 0.717) is 18.8 Å². The van der Waals surface area contributed by atoms with Crippen LogP contribution >= 0.6 is 0 Å². The monoisotopic (exact) mass is 334 g/mol. The average Bonchev–Trinajstić information content (AvgIpc) is 2.52. The lowest BCUT2D eigenvalue weighted by Crippen LogP contribution is -2.61. The van der Waals surface area contributed by atoms with Crippen LogP contribution in [0.15, 0.2) is 0 Å². The summed E-state index contributed by atoms with van der Waals surface area (Å²) >= 11 is 0. The predicted molar refractivity (Wildman–Crippen MR) is 89.1 cm³/mol. The van der Waals surface area contributed by atoms with E-state index >= 15 is 0 Å². The summed E-state index contributed by atoms with van der Waals surface area (Å²) in [6.45, 7) is 4.19. The number of Topliss-reactive ketones (excluding diaryl/α,β-unsaturated/α-hetero) is 2. The number of hydrogen-bond acceptors (Lipinski definition) is 4. The molecule has 134 valence electrons. The molecule has 0 bridgehead atoms. The second-order valence-electron chi connectivity index (χ2n) is 9.47. The quantitative estimate of drug-likeness (QED) is 0.714. The number of aliphatic hydroxyl groups excluding tert-OH is 2. The third kappa shape index (κ3) is 2.11. The van der Waals surface area contributed by atoms with Crippen molar-refractivity contribution < 1.29 is 19.8 Å². The van der Waals surface area contributed by atoms with Gasteiger partial charge in [0.2, 0.25) is 0 Å². The Morgan fingerprint density at radius 3 is 2.50 bits per heavy atom. The van der Waals surface area contributed by atoms with Gasteiger partial charge < -0.3 is 10.2 Å². The van der Waals surface area contributed by atoms with Crippen LogP contribution in [0.1, 0.15) is 65.2 Å². The summed E-state index contributed by atoms with van der Waals surface area (Å²) < 4.78 is 0. The van der Waals surface area contributed by atoms with Crippen molar-refractivity contribution in [1.82, 2.24) is 0 Å². The van der Waals surface area contributed by atoms with Gasteiger partial charge in [-0.15, -0.1) is 0 Å².